The number of aryl methyl sites for hydroxylation is 1. The zero-order valence-electron chi connectivity index (χ0n) is 30.3. The van der Waals surface area contributed by atoms with Gasteiger partial charge in [0.05, 0.1) is 12.1 Å². The summed E-state index contributed by atoms with van der Waals surface area (Å²) in [7, 11) is 0. The molecule has 0 spiro atoms. The predicted molar refractivity (Wildman–Crippen MR) is 207 cm³/mol. The molecule has 2 aliphatic rings. The van der Waals surface area contributed by atoms with Crippen molar-refractivity contribution in [3.8, 4) is 22.3 Å². The van der Waals surface area contributed by atoms with Crippen LogP contribution in [-0.2, 0) is 9.53 Å². The van der Waals surface area contributed by atoms with Gasteiger partial charge in [-0.05, 0) is 127 Å². The maximum Gasteiger partial charge on any atom is 0.410 e. The minimum atomic E-state index is -0.723. The molecule has 3 heterocycles. The summed E-state index contributed by atoms with van der Waals surface area (Å²) < 4.78 is 5.46. The second kappa shape index (κ2) is 17.9. The highest BCUT2D eigenvalue weighted by atomic mass is 35.5. The van der Waals surface area contributed by atoms with Crippen LogP contribution in [0.3, 0.4) is 0 Å². The molecule has 2 saturated heterocycles. The SMILES string of the molecule is Cc1ccc(NC2CN(C(=O)OC(C)(C)C)C2)cc1C(=O)N[C@@H](C)c1ccc(C#CC2CCN(CCCCC(=O)O)CC2)c(-c2cccs2)c1.Cl. The molecule has 0 aliphatic carbocycles. The number of unbranched alkanes of at least 4 members (excludes halogenated alkanes) is 1. The Kier molecular flexibility index (Phi) is 14.0. The zero-order chi connectivity index (χ0) is 35.8. The van der Waals surface area contributed by atoms with Crippen LogP contribution in [0.4, 0.5) is 10.5 Å². The standard InChI is InChI=1S/C40H50N4O5S.ClH/c1-27-11-16-32(42-33-25-44(26-33)39(48)49-40(3,4)5)24-34(27)38(47)41-28(2)31-15-14-30(35(23-31)36-9-8-22-50-36)13-12-29-17-20-43(21-18-29)19-7-6-10-37(45)46;/h8-9,11,14-16,22-24,28-29,33,42H,6-7,10,17-21,25-26H2,1-5H3,(H,41,47)(H,45,46);1H/t28-;/m0./s1. The third-order valence-corrected chi connectivity index (χ3v) is 10.1. The lowest BCUT2D eigenvalue weighted by Crippen LogP contribution is -2.57. The maximum absolute atomic E-state index is 13.6. The van der Waals surface area contributed by atoms with Crippen LogP contribution < -0.4 is 10.6 Å². The smallest absolute Gasteiger partial charge is 0.410 e. The predicted octanol–water partition coefficient (Wildman–Crippen LogP) is 7.99. The molecule has 2 fully saturated rings. The van der Waals surface area contributed by atoms with Crippen LogP contribution in [-0.4, -0.2) is 77.2 Å². The Morgan fingerprint density at radius 3 is 2.47 bits per heavy atom. The van der Waals surface area contributed by atoms with Crippen molar-refractivity contribution >= 4 is 47.4 Å². The highest BCUT2D eigenvalue weighted by Crippen LogP contribution is 2.31. The lowest BCUT2D eigenvalue weighted by Gasteiger charge is -2.40. The second-order valence-electron chi connectivity index (χ2n) is 14.5. The molecule has 51 heavy (non-hydrogen) atoms. The number of carbonyl (C=O) groups excluding carboxylic acids is 2. The van der Waals surface area contributed by atoms with E-state index >= 15 is 0 Å². The largest absolute Gasteiger partial charge is 0.481 e. The molecule has 274 valence electrons. The number of nitrogens with one attached hydrogen (secondary N) is 2. The Morgan fingerprint density at radius 2 is 1.80 bits per heavy atom. The molecule has 2 amide bonds. The molecular weight excluding hydrogens is 684 g/mol. The van der Waals surface area contributed by atoms with Crippen LogP contribution in [0.5, 0.6) is 0 Å². The van der Waals surface area contributed by atoms with Gasteiger partial charge in [0.25, 0.3) is 5.91 Å². The summed E-state index contributed by atoms with van der Waals surface area (Å²) in [6.45, 7) is 13.5. The normalized spacial score (nSPS) is 15.8. The number of likely N-dealkylation sites (tertiary alicyclic amines) is 2. The zero-order valence-corrected chi connectivity index (χ0v) is 31.9. The van der Waals surface area contributed by atoms with Crippen molar-refractivity contribution in [2.45, 2.75) is 84.4 Å². The Morgan fingerprint density at radius 1 is 1.06 bits per heavy atom. The Labute approximate surface area is 312 Å². The number of anilines is 1. The van der Waals surface area contributed by atoms with Crippen LogP contribution in [0.2, 0.25) is 0 Å². The summed E-state index contributed by atoms with van der Waals surface area (Å²) >= 11 is 1.68. The quantitative estimate of drug-likeness (QED) is 0.135. The molecule has 2 aromatic carbocycles. The summed E-state index contributed by atoms with van der Waals surface area (Å²) in [6.07, 6.45) is 3.60. The number of nitrogens with zero attached hydrogens (tertiary/aromatic N) is 2. The van der Waals surface area contributed by atoms with E-state index in [-0.39, 0.29) is 42.9 Å². The fraction of sp³-hybridized carbons (Fsp3) is 0.475. The summed E-state index contributed by atoms with van der Waals surface area (Å²) in [4.78, 5) is 41.9. The van der Waals surface area contributed by atoms with Crippen molar-refractivity contribution in [1.29, 1.82) is 0 Å². The van der Waals surface area contributed by atoms with E-state index < -0.39 is 11.6 Å². The van der Waals surface area contributed by atoms with Gasteiger partial charge in [0.1, 0.15) is 5.60 Å². The van der Waals surface area contributed by atoms with Gasteiger partial charge in [-0.25, -0.2) is 4.79 Å². The fourth-order valence-corrected chi connectivity index (χ4v) is 7.02. The van der Waals surface area contributed by atoms with Crippen LogP contribution >= 0.6 is 23.7 Å². The van der Waals surface area contributed by atoms with Gasteiger partial charge in [-0.1, -0.05) is 30.0 Å². The molecule has 0 unspecified atom stereocenters. The number of carboxylic acid groups (broad SMARTS) is 1. The van der Waals surface area contributed by atoms with E-state index in [1.807, 2.05) is 58.9 Å². The van der Waals surface area contributed by atoms with E-state index in [1.165, 1.54) is 0 Å². The molecule has 5 rings (SSSR count). The summed E-state index contributed by atoms with van der Waals surface area (Å²) in [5.74, 6) is 6.50. The number of halogens is 1. The minimum Gasteiger partial charge on any atom is -0.481 e. The monoisotopic (exact) mass is 734 g/mol. The van der Waals surface area contributed by atoms with Crippen LogP contribution in [0.1, 0.15) is 92.9 Å². The third kappa shape index (κ3) is 11.5. The van der Waals surface area contributed by atoms with E-state index in [1.54, 1.807) is 16.2 Å². The van der Waals surface area contributed by atoms with Crippen molar-refractivity contribution in [2.75, 3.05) is 38.0 Å². The average Bonchev–Trinajstić information content (AvgIpc) is 3.59. The average molecular weight is 735 g/mol. The number of carbonyl (C=O) groups is 3. The first-order valence-electron chi connectivity index (χ1n) is 17.6. The molecule has 3 N–H and O–H groups in total. The van der Waals surface area contributed by atoms with Crippen molar-refractivity contribution < 1.29 is 24.2 Å². The number of carboxylic acids is 1. The summed E-state index contributed by atoms with van der Waals surface area (Å²) in [6, 6.07) is 16.1. The number of hydrogen-bond donors (Lipinski definition) is 3. The number of benzene rings is 2. The van der Waals surface area contributed by atoms with Crippen molar-refractivity contribution in [3.05, 3.63) is 76.2 Å². The lowest BCUT2D eigenvalue weighted by molar-refractivity contribution is -0.137. The molecule has 1 aromatic heterocycles. The topological polar surface area (TPSA) is 111 Å². The number of rotatable bonds is 11. The van der Waals surface area contributed by atoms with Gasteiger partial charge in [0.15, 0.2) is 0 Å². The van der Waals surface area contributed by atoms with Gasteiger partial charge in [-0.2, -0.15) is 0 Å². The van der Waals surface area contributed by atoms with Gasteiger partial charge >= 0.3 is 12.1 Å². The number of ether oxygens (including phenoxy) is 1. The van der Waals surface area contributed by atoms with Crippen LogP contribution in [0, 0.1) is 24.7 Å². The molecule has 0 radical (unpaired) electrons. The molecule has 9 nitrogen and oxygen atoms in total. The Bertz CT molecular complexity index is 1710. The van der Waals surface area contributed by atoms with Crippen molar-refractivity contribution in [2.24, 2.45) is 5.92 Å². The molecular formula is C40H51ClN4O5S. The Hall–Kier alpha value is -4.04. The second-order valence-corrected chi connectivity index (χ2v) is 15.4. The number of thiophene rings is 1. The van der Waals surface area contributed by atoms with E-state index in [9.17, 15) is 14.4 Å². The third-order valence-electron chi connectivity index (χ3n) is 9.18. The molecule has 2 aliphatic heterocycles. The van der Waals surface area contributed by atoms with Gasteiger partial charge in [-0.3, -0.25) is 9.59 Å². The number of aliphatic carboxylic acids is 1. The van der Waals surface area contributed by atoms with E-state index in [0.717, 1.165) is 78.1 Å². The van der Waals surface area contributed by atoms with Crippen molar-refractivity contribution in [3.63, 3.8) is 0 Å². The fourth-order valence-electron chi connectivity index (χ4n) is 6.26. The van der Waals surface area contributed by atoms with Gasteiger partial charge in [-0.15, -0.1) is 23.7 Å². The molecule has 0 bridgehead atoms. The number of hydrogen-bond acceptors (Lipinski definition) is 7. The maximum atomic E-state index is 13.6. The number of piperidine rings is 1. The Balaban J connectivity index is 0.00000583. The van der Waals surface area contributed by atoms with Crippen molar-refractivity contribution in [1.82, 2.24) is 15.1 Å². The first kappa shape index (κ1) is 39.7. The summed E-state index contributed by atoms with van der Waals surface area (Å²) in [5.41, 5.74) is 4.88. The van der Waals surface area contributed by atoms with E-state index in [2.05, 4.69) is 57.0 Å². The molecule has 11 heteroatoms. The van der Waals surface area contributed by atoms with Crippen LogP contribution in [0.15, 0.2) is 53.9 Å². The first-order chi connectivity index (χ1) is 23.8. The number of amides is 2. The molecule has 1 atom stereocenters. The van der Waals surface area contributed by atoms with E-state index in [0.29, 0.717) is 24.6 Å². The highest BCUT2D eigenvalue weighted by Gasteiger charge is 2.33. The van der Waals surface area contributed by atoms with E-state index in [4.69, 9.17) is 9.84 Å². The first-order valence-corrected chi connectivity index (χ1v) is 18.5. The minimum absolute atomic E-state index is 0. The summed E-state index contributed by atoms with van der Waals surface area (Å²) in [5, 5.41) is 17.6. The lowest BCUT2D eigenvalue weighted by atomic mass is 9.95. The highest BCUT2D eigenvalue weighted by molar-refractivity contribution is 7.13. The molecule has 0 saturated carbocycles. The van der Waals surface area contributed by atoms with Crippen LogP contribution in [0.25, 0.3) is 10.4 Å². The van der Waals surface area contributed by atoms with Gasteiger partial charge in [0.2, 0.25) is 0 Å². The van der Waals surface area contributed by atoms with Gasteiger partial charge < -0.3 is 30.3 Å². The molecule has 3 aromatic rings. The van der Waals surface area contributed by atoms with Gasteiger partial charge in [0, 0.05) is 52.7 Å².